The van der Waals surface area contributed by atoms with Gasteiger partial charge in [-0.15, -0.1) is 0 Å². The van der Waals surface area contributed by atoms with Crippen LogP contribution in [0, 0.1) is 0 Å². The lowest BCUT2D eigenvalue weighted by Gasteiger charge is -2.27. The second-order valence-electron chi connectivity index (χ2n) is 9.34. The number of fused-ring (bicyclic) bond motifs is 3. The lowest BCUT2D eigenvalue weighted by atomic mass is 10.1. The van der Waals surface area contributed by atoms with E-state index in [9.17, 15) is 38.4 Å². The number of hydrogen-bond acceptors (Lipinski definition) is 8. The van der Waals surface area contributed by atoms with Gasteiger partial charge < -0.3 is 8.92 Å². The zero-order valence-corrected chi connectivity index (χ0v) is 24.2. The van der Waals surface area contributed by atoms with Gasteiger partial charge in [0.1, 0.15) is 0 Å². The van der Waals surface area contributed by atoms with E-state index in [1.807, 2.05) is 0 Å². The maximum absolute atomic E-state index is 13.9. The minimum atomic E-state index is -6.12. The van der Waals surface area contributed by atoms with E-state index in [4.69, 9.17) is 4.74 Å². The van der Waals surface area contributed by atoms with E-state index >= 15 is 0 Å². The Morgan fingerprint density at radius 1 is 0.857 bits per heavy atom. The van der Waals surface area contributed by atoms with Crippen LogP contribution in [0.15, 0.2) is 77.7 Å². The van der Waals surface area contributed by atoms with Crippen LogP contribution < -0.4 is 8.92 Å². The van der Waals surface area contributed by atoms with Crippen molar-refractivity contribution < 1.29 is 47.3 Å². The summed E-state index contributed by atoms with van der Waals surface area (Å²) in [5.41, 5.74) is -4.92. The van der Waals surface area contributed by atoms with Crippen molar-refractivity contribution in [2.45, 2.75) is 29.1 Å². The van der Waals surface area contributed by atoms with Gasteiger partial charge in [0.15, 0.2) is 11.5 Å². The number of benzene rings is 3. The van der Waals surface area contributed by atoms with Gasteiger partial charge >= 0.3 is 15.6 Å². The first-order chi connectivity index (χ1) is 19.7. The lowest BCUT2D eigenvalue weighted by Crippen LogP contribution is -2.37. The van der Waals surface area contributed by atoms with E-state index in [2.05, 4.69) is 4.18 Å². The van der Waals surface area contributed by atoms with Crippen LogP contribution in [0.3, 0.4) is 0 Å². The summed E-state index contributed by atoms with van der Waals surface area (Å²) in [6.07, 6.45) is -0.0660. The third-order valence-electron chi connectivity index (χ3n) is 6.70. The normalized spacial score (nSPS) is 15.0. The maximum atomic E-state index is 13.9. The molecule has 224 valence electrons. The summed E-state index contributed by atoms with van der Waals surface area (Å²) < 4.78 is 129. The molecule has 0 fully saturated rings. The van der Waals surface area contributed by atoms with Gasteiger partial charge in [0.05, 0.1) is 23.3 Å². The Hall–Kier alpha value is -3.60. The fraction of sp³-hybridized carbons (Fsp3) is 0.231. The standard InChI is InChI=1S/C26H23F3N2O8S3/c1-38-24-15-23-20(14-25(24)39-42(36,37)26(27,28)29)21-16-30(40(32,33)17-18-8-4-2-5-9-18)13-12-22(21)31(23)41(34,35)19-10-6-3-7-11-19/h2-11,14-15H,12-13,16-17H2,1H3. The minimum Gasteiger partial charge on any atom is -0.493 e. The van der Waals surface area contributed by atoms with Crippen LogP contribution in [0.1, 0.15) is 16.8 Å². The molecule has 0 aliphatic carbocycles. The molecule has 0 amide bonds. The third-order valence-corrected chi connectivity index (χ3v) is 11.2. The highest BCUT2D eigenvalue weighted by atomic mass is 32.2. The van der Waals surface area contributed by atoms with Crippen LogP contribution in [-0.2, 0) is 48.9 Å². The molecular formula is C26H23F3N2O8S3. The van der Waals surface area contributed by atoms with E-state index in [0.717, 1.165) is 27.5 Å². The molecule has 0 radical (unpaired) electrons. The molecule has 10 nitrogen and oxygen atoms in total. The molecule has 16 heteroatoms. The van der Waals surface area contributed by atoms with E-state index in [1.165, 1.54) is 24.3 Å². The Bertz CT molecular complexity index is 1980. The fourth-order valence-corrected chi connectivity index (χ4v) is 8.34. The van der Waals surface area contributed by atoms with E-state index < -0.39 is 47.2 Å². The molecule has 1 aliphatic heterocycles. The Morgan fingerprint density at radius 3 is 2.07 bits per heavy atom. The van der Waals surface area contributed by atoms with Gasteiger partial charge in [0, 0.05) is 36.7 Å². The van der Waals surface area contributed by atoms with Crippen molar-refractivity contribution in [2.75, 3.05) is 13.7 Å². The van der Waals surface area contributed by atoms with Gasteiger partial charge in [-0.05, 0) is 29.3 Å². The molecule has 1 aliphatic rings. The first-order valence-electron chi connectivity index (χ1n) is 12.2. The predicted octanol–water partition coefficient (Wildman–Crippen LogP) is 4.00. The zero-order chi connectivity index (χ0) is 30.5. The van der Waals surface area contributed by atoms with Crippen LogP contribution in [0.2, 0.25) is 0 Å². The van der Waals surface area contributed by atoms with Gasteiger partial charge in [-0.25, -0.2) is 20.8 Å². The van der Waals surface area contributed by atoms with Crippen molar-refractivity contribution in [2.24, 2.45) is 0 Å². The average molecular weight is 645 g/mol. The first-order valence-corrected chi connectivity index (χ1v) is 16.7. The third kappa shape index (κ3) is 5.34. The molecule has 3 aromatic carbocycles. The SMILES string of the molecule is COc1cc2c(cc1OS(=O)(=O)C(F)(F)F)c1c(n2S(=O)(=O)c2ccccc2)CCN(S(=O)(=O)Cc2ccccc2)C1. The summed E-state index contributed by atoms with van der Waals surface area (Å²) in [6.45, 7) is -0.401. The number of halogens is 3. The molecule has 42 heavy (non-hydrogen) atoms. The highest BCUT2D eigenvalue weighted by molar-refractivity contribution is 7.90. The van der Waals surface area contributed by atoms with Crippen molar-refractivity contribution in [3.63, 3.8) is 0 Å². The van der Waals surface area contributed by atoms with Crippen molar-refractivity contribution >= 4 is 41.1 Å². The highest BCUT2D eigenvalue weighted by Crippen LogP contribution is 2.42. The first kappa shape index (κ1) is 29.9. The number of sulfonamides is 1. The molecule has 0 spiro atoms. The predicted molar refractivity (Wildman–Crippen MR) is 146 cm³/mol. The second-order valence-corrected chi connectivity index (χ2v) is 14.6. The van der Waals surface area contributed by atoms with Gasteiger partial charge in [-0.3, -0.25) is 0 Å². The monoisotopic (exact) mass is 644 g/mol. The van der Waals surface area contributed by atoms with Crippen molar-refractivity contribution in [3.8, 4) is 11.5 Å². The molecule has 4 aromatic rings. The Kier molecular flexibility index (Phi) is 7.53. The zero-order valence-electron chi connectivity index (χ0n) is 21.8. The molecule has 1 aromatic heterocycles. The number of methoxy groups -OCH3 is 1. The van der Waals surface area contributed by atoms with Gasteiger partial charge in [0.25, 0.3) is 10.0 Å². The molecule has 0 N–H and O–H groups in total. The maximum Gasteiger partial charge on any atom is 0.534 e. The van der Waals surface area contributed by atoms with Crippen LogP contribution >= 0.6 is 0 Å². The molecule has 0 bridgehead atoms. The largest absolute Gasteiger partial charge is 0.534 e. The lowest BCUT2D eigenvalue weighted by molar-refractivity contribution is -0.0500. The summed E-state index contributed by atoms with van der Waals surface area (Å²) in [5, 5.41) is -0.0164. The summed E-state index contributed by atoms with van der Waals surface area (Å²) in [6, 6.07) is 17.7. The number of rotatable bonds is 8. The van der Waals surface area contributed by atoms with Crippen LogP contribution in [0.5, 0.6) is 11.5 Å². The molecule has 5 rings (SSSR count). The fourth-order valence-electron chi connectivity index (χ4n) is 4.77. The summed E-state index contributed by atoms with van der Waals surface area (Å²) in [7, 11) is -13.3. The van der Waals surface area contributed by atoms with Crippen molar-refractivity contribution in [3.05, 3.63) is 89.6 Å². The van der Waals surface area contributed by atoms with Crippen molar-refractivity contribution in [1.29, 1.82) is 0 Å². The van der Waals surface area contributed by atoms with Gasteiger partial charge in [-0.2, -0.15) is 25.9 Å². The van der Waals surface area contributed by atoms with Crippen LogP contribution in [-0.4, -0.2) is 52.7 Å². The average Bonchev–Trinajstić information content (AvgIpc) is 3.26. The van der Waals surface area contributed by atoms with E-state index in [1.54, 1.807) is 36.4 Å². The second kappa shape index (κ2) is 10.6. The Morgan fingerprint density at radius 2 is 1.48 bits per heavy atom. The van der Waals surface area contributed by atoms with E-state index in [0.29, 0.717) is 5.56 Å². The van der Waals surface area contributed by atoms with E-state index in [-0.39, 0.29) is 52.3 Å². The Balaban J connectivity index is 1.71. The number of ether oxygens (including phenoxy) is 1. The quantitative estimate of drug-likeness (QED) is 0.208. The molecule has 0 unspecified atom stereocenters. The summed E-state index contributed by atoms with van der Waals surface area (Å²) in [5.74, 6) is -1.66. The topological polar surface area (TPSA) is 129 Å². The molecule has 0 atom stereocenters. The van der Waals surface area contributed by atoms with Crippen molar-refractivity contribution in [1.82, 2.24) is 8.28 Å². The van der Waals surface area contributed by atoms with Crippen LogP contribution in [0.4, 0.5) is 13.2 Å². The molecule has 0 saturated heterocycles. The minimum absolute atomic E-state index is 0.0164. The number of hydrogen-bond donors (Lipinski definition) is 0. The molecular weight excluding hydrogens is 621 g/mol. The molecule has 0 saturated carbocycles. The Labute approximate surface area is 240 Å². The molecule has 2 heterocycles. The van der Waals surface area contributed by atoms with Gasteiger partial charge in [0.2, 0.25) is 10.0 Å². The summed E-state index contributed by atoms with van der Waals surface area (Å²) in [4.78, 5) is -0.0947. The smallest absolute Gasteiger partial charge is 0.493 e. The summed E-state index contributed by atoms with van der Waals surface area (Å²) >= 11 is 0. The number of aromatic nitrogens is 1. The highest BCUT2D eigenvalue weighted by Gasteiger charge is 2.49. The van der Waals surface area contributed by atoms with Crippen LogP contribution in [0.25, 0.3) is 10.9 Å². The number of nitrogens with zero attached hydrogens (tertiary/aromatic N) is 2. The van der Waals surface area contributed by atoms with Gasteiger partial charge in [-0.1, -0.05) is 48.5 Å². The number of alkyl halides is 3.